The third-order valence-electron chi connectivity index (χ3n) is 9.58. The van der Waals surface area contributed by atoms with E-state index in [1.54, 1.807) is 20.0 Å². The largest absolute Gasteiger partial charge is 0.291 e. The van der Waals surface area contributed by atoms with Gasteiger partial charge in [-0.3, -0.25) is 52.2 Å². The average Bonchev–Trinajstić information content (AvgIpc) is 3.39. The molecule has 8 aromatic rings. The van der Waals surface area contributed by atoms with E-state index in [0.717, 1.165) is 94.3 Å². The van der Waals surface area contributed by atoms with E-state index < -0.39 is 31.7 Å². The van der Waals surface area contributed by atoms with Crippen LogP contribution in [0.4, 0.5) is 0 Å². The molecule has 0 spiro atoms. The molecule has 0 unspecified atom stereocenters. The van der Waals surface area contributed by atoms with Crippen LogP contribution >= 0.6 is 40.9 Å². The number of pyridine rings is 8. The number of nitrogens with zero attached hydrogens (tertiary/aromatic N) is 8. The second kappa shape index (κ2) is 29.5. The van der Waals surface area contributed by atoms with Crippen LogP contribution in [0, 0.1) is 12.3 Å². The molecule has 0 aliphatic heterocycles. The summed E-state index contributed by atoms with van der Waals surface area (Å²) in [6.45, 7) is 0. The summed E-state index contributed by atoms with van der Waals surface area (Å²) in [4.78, 5) is 36.9. The molecule has 0 bridgehead atoms. The van der Waals surface area contributed by atoms with E-state index in [4.69, 9.17) is 0 Å². The summed E-state index contributed by atoms with van der Waals surface area (Å²) in [5.74, 6) is 0. The van der Waals surface area contributed by atoms with Gasteiger partial charge in [0, 0.05) is 71.3 Å². The van der Waals surface area contributed by atoms with Crippen LogP contribution in [0.3, 0.4) is 0 Å². The summed E-state index contributed by atoms with van der Waals surface area (Å²) in [6.07, 6.45) is 28.7. The van der Waals surface area contributed by atoms with Gasteiger partial charge in [0.1, 0.15) is 0 Å². The predicted octanol–water partition coefficient (Wildman–Crippen LogP) is 9.02. The monoisotopic (exact) mass is 1120 g/mol. The van der Waals surface area contributed by atoms with Gasteiger partial charge in [-0.15, -0.1) is 0 Å². The van der Waals surface area contributed by atoms with Crippen molar-refractivity contribution in [2.24, 2.45) is 0 Å². The van der Waals surface area contributed by atoms with Gasteiger partial charge in [-0.05, 0) is 125 Å². The Labute approximate surface area is 399 Å². The first-order valence-corrected chi connectivity index (χ1v) is 29.6. The summed E-state index contributed by atoms with van der Waals surface area (Å²) in [5.41, 5.74) is 9.07. The molecular formula is C50H50AuClN8P4-2. The van der Waals surface area contributed by atoms with Crippen molar-refractivity contribution >= 4 is 84.4 Å². The molecule has 0 fully saturated rings. The summed E-state index contributed by atoms with van der Waals surface area (Å²) in [7, 11) is 2.26. The van der Waals surface area contributed by atoms with Crippen molar-refractivity contribution in [2.45, 2.75) is 38.5 Å². The van der Waals surface area contributed by atoms with Gasteiger partial charge in [0.25, 0.3) is 0 Å². The molecule has 8 heterocycles. The Balaban J connectivity index is 0.000000205. The molecule has 8 nitrogen and oxygen atoms in total. The molecule has 14 heteroatoms. The Morgan fingerprint density at radius 3 is 0.734 bits per heavy atom. The van der Waals surface area contributed by atoms with Crippen molar-refractivity contribution in [1.82, 2.24) is 39.9 Å². The van der Waals surface area contributed by atoms with Gasteiger partial charge in [0.15, 0.2) is 0 Å². The zero-order chi connectivity index (χ0) is 44.3. The number of aromatic nitrogens is 8. The maximum atomic E-state index is 4.63. The first kappa shape index (κ1) is 49.4. The molecule has 64 heavy (non-hydrogen) atoms. The van der Waals surface area contributed by atoms with E-state index in [1.807, 2.05) is 98.1 Å². The number of hydrogen-bond acceptors (Lipinski definition) is 8. The number of halogens is 1. The van der Waals surface area contributed by atoms with Gasteiger partial charge in [-0.2, -0.15) is 28.7 Å². The molecule has 0 atom stereocenters. The minimum atomic E-state index is -0.637. The Hall–Kier alpha value is -4.05. The van der Waals surface area contributed by atoms with Crippen LogP contribution in [0.5, 0.6) is 0 Å². The number of unbranched alkanes of at least 4 members (excludes halogenated alkanes) is 4. The van der Waals surface area contributed by atoms with Crippen LogP contribution in [-0.2, 0) is 20.0 Å². The van der Waals surface area contributed by atoms with Gasteiger partial charge in [-0.1, -0.05) is 74.2 Å². The van der Waals surface area contributed by atoms with E-state index >= 15 is 0 Å². The third-order valence-corrected chi connectivity index (χ3v) is 18.7. The van der Waals surface area contributed by atoms with Gasteiger partial charge >= 0.3 is 29.2 Å². The minimum Gasteiger partial charge on any atom is -0.291 e. The summed E-state index contributed by atoms with van der Waals surface area (Å²) >= 11 is 1.75. The molecule has 0 radical (unpaired) electrons. The summed E-state index contributed by atoms with van der Waals surface area (Å²) < 4.78 is 0. The van der Waals surface area contributed by atoms with Crippen LogP contribution < -0.4 is 43.5 Å². The predicted molar refractivity (Wildman–Crippen MR) is 271 cm³/mol. The maximum absolute atomic E-state index is 4.63. The van der Waals surface area contributed by atoms with Crippen LogP contribution in [0.15, 0.2) is 195 Å². The van der Waals surface area contributed by atoms with Gasteiger partial charge in [0.2, 0.25) is 0 Å². The zero-order valence-corrected chi connectivity index (χ0v) is 41.8. The van der Waals surface area contributed by atoms with Gasteiger partial charge < -0.3 is 0 Å². The molecular weight excluding hydrogens is 1070 g/mol. The molecule has 0 aliphatic rings. The topological polar surface area (TPSA) is 103 Å². The maximum Gasteiger partial charge on any atom is 0.0692 e. The van der Waals surface area contributed by atoms with E-state index in [0.29, 0.717) is 0 Å². The molecule has 0 aliphatic carbocycles. The normalized spacial score (nSPS) is 10.9. The quantitative estimate of drug-likeness (QED) is 0.0323. The molecule has 0 saturated heterocycles. The van der Waals surface area contributed by atoms with E-state index in [-0.39, 0.29) is 0 Å². The summed E-state index contributed by atoms with van der Waals surface area (Å²) in [6, 6.07) is 49.2. The molecule has 0 saturated carbocycles. The Bertz CT molecular complexity index is 1900. The van der Waals surface area contributed by atoms with Gasteiger partial charge in [-0.25, -0.2) is 0 Å². The summed E-state index contributed by atoms with van der Waals surface area (Å²) in [5, 5.41) is 0. The van der Waals surface area contributed by atoms with Crippen LogP contribution in [0.25, 0.3) is 0 Å². The molecule has 0 aromatic carbocycles. The fourth-order valence-electron chi connectivity index (χ4n) is 6.61. The van der Waals surface area contributed by atoms with E-state index in [1.165, 1.54) is 0 Å². The van der Waals surface area contributed by atoms with Crippen molar-refractivity contribution < 1.29 is 20.0 Å². The second-order valence-corrected chi connectivity index (χ2v) is 22.4. The molecule has 8 aromatic heterocycles. The van der Waals surface area contributed by atoms with Crippen LogP contribution in [-0.4, -0.2) is 52.2 Å². The standard InChI is InChI=1S/2C25H25N4P2.Au.ClH/c2*1(10-20-30(22-12-2-6-16-26-22)23-13-3-7-17-27-23)11-21-31(24-14-4-8-18-28-24)25-15-5-9-19-29-25;;/h2*2-9,12-20H,1,10-11,21H2;;1H/q2*-1;+1;/p-1. The third kappa shape index (κ3) is 16.1. The van der Waals surface area contributed by atoms with Crippen LogP contribution in [0.1, 0.15) is 38.5 Å². The first-order chi connectivity index (χ1) is 31.8. The fourth-order valence-corrected chi connectivity index (χ4v) is 14.8. The SMILES string of the molecule is [Cl][Au].c1ccc(P([CH-]CCCCP(c2ccccn2)c2ccccn2)c2ccccn2)nc1.c1ccc(P([CH-]CCCCP(c2ccccn2)c2ccccn2)c2ccccn2)nc1. The van der Waals surface area contributed by atoms with E-state index in [9.17, 15) is 0 Å². The smallest absolute Gasteiger partial charge is 0.0692 e. The van der Waals surface area contributed by atoms with Crippen molar-refractivity contribution in [1.29, 1.82) is 0 Å². The van der Waals surface area contributed by atoms with Crippen molar-refractivity contribution in [3.63, 3.8) is 0 Å². The number of rotatable bonds is 20. The molecule has 330 valence electrons. The van der Waals surface area contributed by atoms with E-state index in [2.05, 4.69) is 158 Å². The van der Waals surface area contributed by atoms with Crippen molar-refractivity contribution in [3.8, 4) is 0 Å². The number of hydrogen-bond donors (Lipinski definition) is 0. The van der Waals surface area contributed by atoms with Crippen LogP contribution in [0.2, 0.25) is 0 Å². The molecule has 0 N–H and O–H groups in total. The first-order valence-electron chi connectivity index (χ1n) is 21.0. The zero-order valence-electron chi connectivity index (χ0n) is 35.3. The average molecular weight is 1120 g/mol. The molecule has 8 rings (SSSR count). The Morgan fingerprint density at radius 2 is 0.531 bits per heavy atom. The van der Waals surface area contributed by atoms with Gasteiger partial charge in [0.05, 0.1) is 21.7 Å². The van der Waals surface area contributed by atoms with Crippen molar-refractivity contribution in [3.05, 3.63) is 207 Å². The second-order valence-electron chi connectivity index (χ2n) is 13.9. The molecule has 0 amide bonds. The minimum absolute atomic E-state index is 0.526. The Morgan fingerprint density at radius 1 is 0.312 bits per heavy atom. The van der Waals surface area contributed by atoms with Crippen molar-refractivity contribution in [2.75, 3.05) is 12.3 Å². The Kier molecular flexibility index (Phi) is 22.7. The fraction of sp³-hybridized carbons (Fsp3) is 0.160.